The fraction of sp³-hybridized carbons (Fsp3) is 0.263. The van der Waals surface area contributed by atoms with Crippen LogP contribution in [-0.2, 0) is 0 Å². The second kappa shape index (κ2) is 9.33. The molecule has 0 heterocycles. The van der Waals surface area contributed by atoms with Gasteiger partial charge in [-0.3, -0.25) is 4.79 Å². The number of hydrazone groups is 1. The van der Waals surface area contributed by atoms with Crippen molar-refractivity contribution in [3.05, 3.63) is 41.5 Å². The minimum absolute atomic E-state index is 0.309. The third-order valence-corrected chi connectivity index (χ3v) is 3.74. The van der Waals surface area contributed by atoms with E-state index in [1.54, 1.807) is 44.6 Å². The first-order valence-corrected chi connectivity index (χ1v) is 7.93. The largest absolute Gasteiger partial charge is 0.497 e. The summed E-state index contributed by atoms with van der Waals surface area (Å²) < 4.78 is 26.2. The molecule has 0 unspecified atom stereocenters. The molecule has 0 aliphatic carbocycles. The minimum Gasteiger partial charge on any atom is -0.497 e. The number of methoxy groups -OCH3 is 5. The zero-order valence-electron chi connectivity index (χ0n) is 15.9. The molecule has 0 aliphatic rings. The summed E-state index contributed by atoms with van der Waals surface area (Å²) in [6.45, 7) is 0. The summed E-state index contributed by atoms with van der Waals surface area (Å²) in [7, 11) is 7.56. The molecule has 1 N–H and O–H groups in total. The van der Waals surface area contributed by atoms with Gasteiger partial charge in [0, 0.05) is 17.2 Å². The first-order valence-electron chi connectivity index (χ1n) is 7.93. The Morgan fingerprint density at radius 3 is 2.00 bits per heavy atom. The molecular weight excluding hydrogens is 352 g/mol. The average molecular weight is 374 g/mol. The Balaban J connectivity index is 2.19. The summed E-state index contributed by atoms with van der Waals surface area (Å²) in [6, 6.07) is 8.35. The van der Waals surface area contributed by atoms with Gasteiger partial charge < -0.3 is 23.7 Å². The standard InChI is InChI=1S/C19H22N2O6/c1-23-14-7-6-12(15(10-14)24-2)11-20-21-19(22)13-8-16(25-3)18(27-5)17(9-13)26-4/h6-11H,1-5H3,(H,21,22)/b20-11+. The molecule has 0 saturated heterocycles. The van der Waals surface area contributed by atoms with E-state index >= 15 is 0 Å². The van der Waals surface area contributed by atoms with Gasteiger partial charge >= 0.3 is 0 Å². The maximum absolute atomic E-state index is 12.4. The lowest BCUT2D eigenvalue weighted by Gasteiger charge is -2.13. The molecule has 2 aromatic carbocycles. The van der Waals surface area contributed by atoms with Gasteiger partial charge in [-0.25, -0.2) is 5.43 Å². The smallest absolute Gasteiger partial charge is 0.271 e. The Morgan fingerprint density at radius 2 is 1.48 bits per heavy atom. The van der Waals surface area contributed by atoms with Gasteiger partial charge in [0.15, 0.2) is 11.5 Å². The highest BCUT2D eigenvalue weighted by atomic mass is 16.5. The third-order valence-electron chi connectivity index (χ3n) is 3.74. The number of ether oxygens (including phenoxy) is 5. The average Bonchev–Trinajstić information content (AvgIpc) is 2.72. The molecule has 0 fully saturated rings. The second-order valence-electron chi connectivity index (χ2n) is 5.22. The first kappa shape index (κ1) is 19.9. The molecule has 1 amide bonds. The van der Waals surface area contributed by atoms with Crippen LogP contribution in [0.2, 0.25) is 0 Å². The topological polar surface area (TPSA) is 87.6 Å². The summed E-state index contributed by atoms with van der Waals surface area (Å²) in [5.74, 6) is 1.96. The highest BCUT2D eigenvalue weighted by Gasteiger charge is 2.16. The van der Waals surface area contributed by atoms with Crippen LogP contribution in [0.1, 0.15) is 15.9 Å². The lowest BCUT2D eigenvalue weighted by molar-refractivity contribution is 0.0954. The van der Waals surface area contributed by atoms with Crippen LogP contribution in [0.5, 0.6) is 28.7 Å². The Morgan fingerprint density at radius 1 is 0.852 bits per heavy atom. The molecule has 0 spiro atoms. The van der Waals surface area contributed by atoms with Crippen molar-refractivity contribution in [1.82, 2.24) is 5.43 Å². The van der Waals surface area contributed by atoms with Crippen molar-refractivity contribution in [1.29, 1.82) is 0 Å². The Kier molecular flexibility index (Phi) is 6.87. The van der Waals surface area contributed by atoms with Crippen LogP contribution in [-0.4, -0.2) is 47.7 Å². The molecule has 0 saturated carbocycles. The molecular formula is C19H22N2O6. The first-order chi connectivity index (χ1) is 13.1. The van der Waals surface area contributed by atoms with Crippen molar-refractivity contribution in [3.63, 3.8) is 0 Å². The number of rotatable bonds is 8. The van der Waals surface area contributed by atoms with E-state index in [2.05, 4.69) is 10.5 Å². The third kappa shape index (κ3) is 4.60. The van der Waals surface area contributed by atoms with Crippen molar-refractivity contribution in [3.8, 4) is 28.7 Å². The minimum atomic E-state index is -0.432. The summed E-state index contributed by atoms with van der Waals surface area (Å²) in [6.07, 6.45) is 1.48. The molecule has 0 bridgehead atoms. The fourth-order valence-electron chi connectivity index (χ4n) is 2.36. The number of carbonyl (C=O) groups excluding carboxylic acids is 1. The number of carbonyl (C=O) groups is 1. The normalized spacial score (nSPS) is 10.4. The van der Waals surface area contributed by atoms with Crippen LogP contribution in [0.3, 0.4) is 0 Å². The maximum Gasteiger partial charge on any atom is 0.271 e. The predicted octanol–water partition coefficient (Wildman–Crippen LogP) is 2.49. The number of hydrogen-bond acceptors (Lipinski definition) is 7. The molecule has 2 aromatic rings. The Bertz CT molecular complexity index is 810. The van der Waals surface area contributed by atoms with E-state index < -0.39 is 5.91 Å². The van der Waals surface area contributed by atoms with E-state index in [0.29, 0.717) is 39.9 Å². The lowest BCUT2D eigenvalue weighted by atomic mass is 10.1. The molecule has 8 nitrogen and oxygen atoms in total. The molecule has 0 aromatic heterocycles. The summed E-state index contributed by atoms with van der Waals surface area (Å²) in [5.41, 5.74) is 3.45. The van der Waals surface area contributed by atoms with Crippen molar-refractivity contribution in [2.24, 2.45) is 5.10 Å². The van der Waals surface area contributed by atoms with E-state index in [-0.39, 0.29) is 0 Å². The number of benzene rings is 2. The zero-order chi connectivity index (χ0) is 19.8. The molecule has 8 heteroatoms. The van der Waals surface area contributed by atoms with Gasteiger partial charge in [0.25, 0.3) is 5.91 Å². The summed E-state index contributed by atoms with van der Waals surface area (Å²) in [5, 5.41) is 3.98. The van der Waals surface area contributed by atoms with Crippen molar-refractivity contribution in [2.45, 2.75) is 0 Å². The number of nitrogens with zero attached hydrogens (tertiary/aromatic N) is 1. The fourth-order valence-corrected chi connectivity index (χ4v) is 2.36. The van der Waals surface area contributed by atoms with Gasteiger partial charge in [-0.15, -0.1) is 0 Å². The van der Waals surface area contributed by atoms with Crippen LogP contribution in [0, 0.1) is 0 Å². The monoisotopic (exact) mass is 374 g/mol. The molecule has 144 valence electrons. The van der Waals surface area contributed by atoms with Gasteiger partial charge in [0.05, 0.1) is 41.8 Å². The number of nitrogens with one attached hydrogen (secondary N) is 1. The van der Waals surface area contributed by atoms with E-state index in [9.17, 15) is 4.79 Å². The highest BCUT2D eigenvalue weighted by molar-refractivity contribution is 5.96. The predicted molar refractivity (Wildman–Crippen MR) is 101 cm³/mol. The van der Waals surface area contributed by atoms with Crippen LogP contribution >= 0.6 is 0 Å². The van der Waals surface area contributed by atoms with E-state index in [1.807, 2.05) is 0 Å². The van der Waals surface area contributed by atoms with Gasteiger partial charge in [0.1, 0.15) is 11.5 Å². The Labute approximate surface area is 157 Å². The number of hydrogen-bond donors (Lipinski definition) is 1. The lowest BCUT2D eigenvalue weighted by Crippen LogP contribution is -2.18. The zero-order valence-corrected chi connectivity index (χ0v) is 15.9. The van der Waals surface area contributed by atoms with Crippen LogP contribution in [0.15, 0.2) is 35.4 Å². The SMILES string of the molecule is COc1ccc(/C=N/NC(=O)c2cc(OC)c(OC)c(OC)c2)c(OC)c1. The molecule has 2 rings (SSSR count). The molecule has 0 aliphatic heterocycles. The number of amides is 1. The van der Waals surface area contributed by atoms with E-state index in [1.165, 1.54) is 27.5 Å². The van der Waals surface area contributed by atoms with E-state index in [4.69, 9.17) is 23.7 Å². The van der Waals surface area contributed by atoms with Crippen molar-refractivity contribution >= 4 is 12.1 Å². The van der Waals surface area contributed by atoms with Gasteiger partial charge in [-0.1, -0.05) is 0 Å². The maximum atomic E-state index is 12.4. The Hall–Kier alpha value is -3.42. The quantitative estimate of drug-likeness (QED) is 0.564. The molecule has 0 atom stereocenters. The molecule has 0 radical (unpaired) electrons. The summed E-state index contributed by atoms with van der Waals surface area (Å²) in [4.78, 5) is 12.4. The van der Waals surface area contributed by atoms with Gasteiger partial charge in [-0.05, 0) is 24.3 Å². The van der Waals surface area contributed by atoms with Crippen LogP contribution in [0.4, 0.5) is 0 Å². The van der Waals surface area contributed by atoms with Gasteiger partial charge in [0.2, 0.25) is 5.75 Å². The van der Waals surface area contributed by atoms with Crippen LogP contribution < -0.4 is 29.1 Å². The van der Waals surface area contributed by atoms with Crippen molar-refractivity contribution in [2.75, 3.05) is 35.5 Å². The highest BCUT2D eigenvalue weighted by Crippen LogP contribution is 2.38. The van der Waals surface area contributed by atoms with Crippen molar-refractivity contribution < 1.29 is 28.5 Å². The van der Waals surface area contributed by atoms with E-state index in [0.717, 1.165) is 0 Å². The summed E-state index contributed by atoms with van der Waals surface area (Å²) >= 11 is 0. The van der Waals surface area contributed by atoms with Crippen LogP contribution in [0.25, 0.3) is 0 Å². The molecule has 27 heavy (non-hydrogen) atoms. The van der Waals surface area contributed by atoms with Gasteiger partial charge in [-0.2, -0.15) is 5.10 Å². The second-order valence-corrected chi connectivity index (χ2v) is 5.22.